The van der Waals surface area contributed by atoms with Crippen molar-refractivity contribution in [3.63, 3.8) is 0 Å². The van der Waals surface area contributed by atoms with Crippen molar-refractivity contribution in [1.82, 2.24) is 65.6 Å². The molecule has 5 fully saturated rings. The van der Waals surface area contributed by atoms with Crippen LogP contribution in [0.5, 0.6) is 11.8 Å². The lowest BCUT2D eigenvalue weighted by atomic mass is 9.88. The number of aliphatic hydroxyl groups excluding tert-OH is 1. The number of aromatic amines is 2. The summed E-state index contributed by atoms with van der Waals surface area (Å²) in [5.74, 6) is 0.591. The molecule has 20 nitrogen and oxygen atoms in total. The van der Waals surface area contributed by atoms with Crippen LogP contribution >= 0.6 is 0 Å². The summed E-state index contributed by atoms with van der Waals surface area (Å²) in [7, 11) is 1.00. The lowest BCUT2D eigenvalue weighted by molar-refractivity contribution is -0.142. The van der Waals surface area contributed by atoms with E-state index < -0.39 is 17.6 Å². The molecule has 5 aromatic heterocycles. The van der Waals surface area contributed by atoms with E-state index in [1.807, 2.05) is 55.9 Å². The molecule has 4 aromatic carbocycles. The highest BCUT2D eigenvalue weighted by molar-refractivity contribution is 6.07. The van der Waals surface area contributed by atoms with E-state index in [4.69, 9.17) is 29.6 Å². The van der Waals surface area contributed by atoms with E-state index in [9.17, 15) is 14.4 Å². The number of aliphatic hydroxyl groups is 1. The summed E-state index contributed by atoms with van der Waals surface area (Å²) in [6.07, 6.45) is 14.8. The van der Waals surface area contributed by atoms with Gasteiger partial charge in [-0.2, -0.15) is 25.3 Å². The second-order valence-corrected chi connectivity index (χ2v) is 24.8. The number of aryl methyl sites for hydroxylation is 1. The Bertz CT molecular complexity index is 4220. The zero-order valence-corrected chi connectivity index (χ0v) is 50.0. The maximum absolute atomic E-state index is 16.3. The Morgan fingerprint density at radius 3 is 2.52 bits per heavy atom. The SMILES string of the molecule is CCn1nccc1-c1ccc(CNC(=O)C2CCCN2C(=O)C(C(C)C)n2cc3c(n2)c(=O)[nH]c2cc(COc4c(-c5c(C)c(F)cc6[nH]ncc56)c(C5CC5)cc5c(N6CC7CC6CN7)nc(OC6CCCCC6)nc45)ccc23)c2c1CNC2.CO. The summed E-state index contributed by atoms with van der Waals surface area (Å²) in [6.45, 7) is 12.6. The number of piperazine rings is 1. The molecule has 2 aliphatic carbocycles. The topological polar surface area (TPSA) is 238 Å². The van der Waals surface area contributed by atoms with Crippen LogP contribution in [0.3, 0.4) is 0 Å². The molecule has 15 rings (SSSR count). The van der Waals surface area contributed by atoms with Gasteiger partial charge in [0.05, 0.1) is 17.4 Å². The Morgan fingerprint density at radius 2 is 1.74 bits per heavy atom. The number of nitrogens with zero attached hydrogens (tertiary/aromatic N) is 9. The van der Waals surface area contributed by atoms with Gasteiger partial charge in [-0.3, -0.25) is 28.8 Å². The number of rotatable bonds is 16. The Hall–Kier alpha value is -8.27. The Labute approximate surface area is 502 Å². The third-order valence-corrected chi connectivity index (χ3v) is 19.1. The fourth-order valence-corrected chi connectivity index (χ4v) is 14.7. The number of amides is 2. The zero-order valence-electron chi connectivity index (χ0n) is 50.0. The van der Waals surface area contributed by atoms with Gasteiger partial charge < -0.3 is 45.3 Å². The molecule has 0 radical (unpaired) electrons. The van der Waals surface area contributed by atoms with Crippen LogP contribution in [-0.2, 0) is 42.4 Å². The molecule has 9 aromatic rings. The largest absolute Gasteiger partial charge is 0.486 e. The van der Waals surface area contributed by atoms with E-state index in [2.05, 4.69) is 66.3 Å². The fourth-order valence-electron chi connectivity index (χ4n) is 14.7. The first-order chi connectivity index (χ1) is 42.5. The van der Waals surface area contributed by atoms with Gasteiger partial charge in [0.1, 0.15) is 41.9 Å². The molecule has 9 heterocycles. The minimum atomic E-state index is -0.781. The molecule has 21 heteroatoms. The molecular weight excluding hydrogens is 1100 g/mol. The van der Waals surface area contributed by atoms with Crippen molar-refractivity contribution in [3.05, 3.63) is 117 Å². The van der Waals surface area contributed by atoms with Crippen molar-refractivity contribution in [2.45, 2.75) is 161 Å². The second-order valence-electron chi connectivity index (χ2n) is 24.8. The summed E-state index contributed by atoms with van der Waals surface area (Å²) < 4.78 is 33.9. The van der Waals surface area contributed by atoms with Gasteiger partial charge in [0.25, 0.3) is 5.56 Å². The smallest absolute Gasteiger partial charge is 0.319 e. The molecule has 2 saturated carbocycles. The van der Waals surface area contributed by atoms with Gasteiger partial charge in [0.2, 0.25) is 11.8 Å². The summed E-state index contributed by atoms with van der Waals surface area (Å²) in [5.41, 5.74) is 11.1. The van der Waals surface area contributed by atoms with Crippen LogP contribution in [0.4, 0.5) is 10.2 Å². The van der Waals surface area contributed by atoms with Crippen molar-refractivity contribution in [2.75, 3.05) is 31.6 Å². The standard InChI is InChI=1S/C65H71FN14O5.CH4O/c1-5-79-53(19-20-71-79)43-18-16-38(46-28-67-29-47(43)46)26-69-62(81)54-12-9-21-77(54)64(83)59(34(2)3)80-32-49-42-17-13-36(22-51(42)72-63(82)58(49)76-80)33-84-60-56(55-35(4)50(66)25-52-48(55)30-70-75-52)44(37-14-15-37)24-45-57(60)73-65(85-41-10-7-6-8-11-41)74-61(45)78-31-39-23-40(78)27-68-39;1-2/h13,16-20,22,24-25,30,32,34,37,39-41,54,59,67-68H,5-12,14-15,21,23,26-29,31,33H2,1-4H3,(H,69,81)(H,70,75)(H,72,82);2H,1H3. The number of H-pyrrole nitrogens is 2. The number of pyridine rings is 1. The number of ether oxygens (including phenoxy) is 2. The molecule has 452 valence electrons. The minimum Gasteiger partial charge on any atom is -0.486 e. The number of halogens is 1. The van der Waals surface area contributed by atoms with Crippen molar-refractivity contribution in [3.8, 4) is 34.1 Å². The summed E-state index contributed by atoms with van der Waals surface area (Å²) >= 11 is 0. The minimum absolute atomic E-state index is 0.00425. The van der Waals surface area contributed by atoms with Crippen LogP contribution in [0.1, 0.15) is 130 Å². The van der Waals surface area contributed by atoms with Crippen molar-refractivity contribution in [2.24, 2.45) is 5.92 Å². The second kappa shape index (κ2) is 23.1. The molecule has 6 N–H and O–H groups in total. The molecular formula is C66H75FN14O6. The molecule has 2 bridgehead atoms. The number of aromatic nitrogens is 9. The third-order valence-electron chi connectivity index (χ3n) is 19.1. The average molecular weight is 1180 g/mol. The number of likely N-dealkylation sites (tertiary alicyclic amines) is 1. The van der Waals surface area contributed by atoms with Crippen LogP contribution in [0, 0.1) is 18.7 Å². The van der Waals surface area contributed by atoms with Gasteiger partial charge >= 0.3 is 6.01 Å². The van der Waals surface area contributed by atoms with Crippen LogP contribution in [0.25, 0.3) is 66.0 Å². The van der Waals surface area contributed by atoms with Crippen LogP contribution in [-0.4, -0.2) is 118 Å². The summed E-state index contributed by atoms with van der Waals surface area (Å²) in [5, 5.41) is 37.1. The fraction of sp³-hybridized carbons (Fsp3) is 0.455. The van der Waals surface area contributed by atoms with Gasteiger partial charge in [-0.25, -0.2) is 4.39 Å². The molecule has 0 spiro atoms. The number of hydrogen-bond donors (Lipinski definition) is 6. The van der Waals surface area contributed by atoms with Crippen molar-refractivity contribution in [1.29, 1.82) is 0 Å². The molecule has 4 unspecified atom stereocenters. The molecule has 3 saturated heterocycles. The lowest BCUT2D eigenvalue weighted by Gasteiger charge is -2.31. The van der Waals surface area contributed by atoms with E-state index in [0.29, 0.717) is 83.3 Å². The quantitative estimate of drug-likeness (QED) is 0.0529. The van der Waals surface area contributed by atoms with Gasteiger partial charge in [0.15, 0.2) is 11.3 Å². The molecule has 87 heavy (non-hydrogen) atoms. The van der Waals surface area contributed by atoms with Crippen molar-refractivity contribution < 1.29 is 28.6 Å². The Kier molecular flexibility index (Phi) is 15.0. The Morgan fingerprint density at radius 1 is 0.897 bits per heavy atom. The first-order valence-electron chi connectivity index (χ1n) is 31.2. The zero-order chi connectivity index (χ0) is 59.8. The highest BCUT2D eigenvalue weighted by Crippen LogP contribution is 2.54. The molecule has 6 aliphatic rings. The van der Waals surface area contributed by atoms with E-state index >= 15 is 4.39 Å². The highest BCUT2D eigenvalue weighted by atomic mass is 19.1. The maximum Gasteiger partial charge on any atom is 0.319 e. The van der Waals surface area contributed by atoms with E-state index in [1.54, 1.807) is 22.0 Å². The third kappa shape index (κ3) is 10.1. The molecule has 4 aliphatic heterocycles. The monoisotopic (exact) mass is 1180 g/mol. The number of benzene rings is 4. The lowest BCUT2D eigenvalue weighted by Crippen LogP contribution is -2.49. The van der Waals surface area contributed by atoms with Gasteiger partial charge in [-0.05, 0) is 141 Å². The van der Waals surface area contributed by atoms with Gasteiger partial charge in [-0.1, -0.05) is 44.5 Å². The number of nitrogens with one attached hydrogen (secondary N) is 5. The van der Waals surface area contributed by atoms with Crippen molar-refractivity contribution >= 4 is 61.2 Å². The summed E-state index contributed by atoms with van der Waals surface area (Å²) in [4.78, 5) is 61.0. The number of carbonyl (C=O) groups excluding carboxylic acids is 2. The Balaban J connectivity index is 0.00000330. The first kappa shape index (κ1) is 56.5. The maximum atomic E-state index is 16.3. The molecule has 2 amide bonds. The predicted molar refractivity (Wildman–Crippen MR) is 331 cm³/mol. The first-order valence-corrected chi connectivity index (χ1v) is 31.2. The number of hydrogen-bond acceptors (Lipinski definition) is 14. The highest BCUT2D eigenvalue weighted by Gasteiger charge is 2.42. The van der Waals surface area contributed by atoms with Crippen LogP contribution < -0.4 is 35.9 Å². The van der Waals surface area contributed by atoms with E-state index in [1.165, 1.54) is 23.6 Å². The number of anilines is 1. The van der Waals surface area contributed by atoms with Gasteiger partial charge in [0, 0.05) is 121 Å². The number of carbonyl (C=O) groups is 2. The number of fused-ring (bicyclic) bond motifs is 8. The van der Waals surface area contributed by atoms with E-state index in [0.717, 1.165) is 134 Å². The van der Waals surface area contributed by atoms with Crippen LogP contribution in [0.2, 0.25) is 0 Å². The van der Waals surface area contributed by atoms with Crippen LogP contribution in [0.15, 0.2) is 71.9 Å². The normalized spacial score (nSPS) is 19.7. The van der Waals surface area contributed by atoms with Gasteiger partial charge in [-0.15, -0.1) is 0 Å². The average Bonchev–Trinajstić information content (AvgIpc) is 2.01. The summed E-state index contributed by atoms with van der Waals surface area (Å²) in [6, 6.07) is 15.4. The molecule has 4 atom stereocenters. The van der Waals surface area contributed by atoms with E-state index in [-0.39, 0.29) is 53.7 Å². The predicted octanol–water partition coefficient (Wildman–Crippen LogP) is 9.13.